The van der Waals surface area contributed by atoms with Gasteiger partial charge in [0, 0.05) is 41.1 Å². The molecule has 10 heteroatoms. The van der Waals surface area contributed by atoms with Gasteiger partial charge in [0.25, 0.3) is 0 Å². The molecule has 38 heavy (non-hydrogen) atoms. The molecule has 6 rings (SSSR count). The molecule has 1 atom stereocenters. The summed E-state index contributed by atoms with van der Waals surface area (Å²) in [5, 5.41) is 18.4. The van der Waals surface area contributed by atoms with Gasteiger partial charge >= 0.3 is 0 Å². The lowest BCUT2D eigenvalue weighted by atomic mass is 10.1. The molecule has 3 aromatic heterocycles. The predicted octanol–water partition coefficient (Wildman–Crippen LogP) is 4.76. The fraction of sp³-hybridized carbons (Fsp3) is 0.179. The lowest BCUT2D eigenvalue weighted by Crippen LogP contribution is -2.19. The molecule has 0 bridgehead atoms. The Hall–Kier alpha value is -4.83. The molecule has 1 aliphatic rings. The van der Waals surface area contributed by atoms with Crippen LogP contribution in [-0.4, -0.2) is 43.1 Å². The molecule has 1 aliphatic heterocycles. The largest absolute Gasteiger partial charge is 0.457 e. The number of carbonyl (C=O) groups is 1. The van der Waals surface area contributed by atoms with Gasteiger partial charge in [0.2, 0.25) is 5.91 Å². The topological polar surface area (TPSA) is 118 Å². The summed E-state index contributed by atoms with van der Waals surface area (Å²) in [6.45, 7) is 2.98. The second kappa shape index (κ2) is 10.3. The Balaban J connectivity index is 1.18. The summed E-state index contributed by atoms with van der Waals surface area (Å²) in [4.78, 5) is 21.3. The molecule has 1 amide bonds. The fourth-order valence-electron chi connectivity index (χ4n) is 4.46. The van der Waals surface area contributed by atoms with Crippen molar-refractivity contribution in [2.24, 2.45) is 0 Å². The van der Waals surface area contributed by atoms with E-state index in [-0.39, 0.29) is 11.9 Å². The first kappa shape index (κ1) is 23.6. The van der Waals surface area contributed by atoms with Crippen LogP contribution in [0.15, 0.2) is 79.5 Å². The van der Waals surface area contributed by atoms with E-state index in [1.54, 1.807) is 12.4 Å². The van der Waals surface area contributed by atoms with Gasteiger partial charge in [-0.2, -0.15) is 0 Å². The van der Waals surface area contributed by atoms with Crippen molar-refractivity contribution in [1.29, 1.82) is 0 Å². The average Bonchev–Trinajstić information content (AvgIpc) is 3.61. The van der Waals surface area contributed by atoms with Crippen molar-refractivity contribution in [2.75, 3.05) is 17.2 Å². The molecule has 0 saturated carbocycles. The molecular formula is C28H26N8O2. The van der Waals surface area contributed by atoms with Crippen molar-refractivity contribution in [3.05, 3.63) is 85.1 Å². The average molecular weight is 507 g/mol. The molecule has 0 radical (unpaired) electrons. The molecule has 10 nitrogen and oxygen atoms in total. The minimum atomic E-state index is -0.168. The number of aryl methyl sites for hydroxylation is 1. The van der Waals surface area contributed by atoms with Gasteiger partial charge in [-0.05, 0) is 74.3 Å². The van der Waals surface area contributed by atoms with Gasteiger partial charge in [0.1, 0.15) is 30.0 Å². The third kappa shape index (κ3) is 5.16. The van der Waals surface area contributed by atoms with Gasteiger partial charge in [-0.3, -0.25) is 9.20 Å². The lowest BCUT2D eigenvalue weighted by molar-refractivity contribution is -0.111. The number of ether oxygens (including phenoxy) is 1. The maximum Gasteiger partial charge on any atom is 0.248 e. The van der Waals surface area contributed by atoms with Crippen LogP contribution in [0.25, 0.3) is 16.6 Å². The maximum atomic E-state index is 12.4. The monoisotopic (exact) mass is 506 g/mol. The first-order chi connectivity index (χ1) is 18.6. The van der Waals surface area contributed by atoms with Crippen LogP contribution in [0.4, 0.5) is 17.2 Å². The highest BCUT2D eigenvalue weighted by Gasteiger charge is 2.12. The van der Waals surface area contributed by atoms with Crippen LogP contribution in [0.3, 0.4) is 0 Å². The summed E-state index contributed by atoms with van der Waals surface area (Å²) < 4.78 is 7.90. The SMILES string of the molecule is Cc1cc(Nc2ncnc3ccc(NC(=O)/C=C/[C@H]4CCCN4)cc23)ccc1Oc1ccn2cnnc2c1. The minimum Gasteiger partial charge on any atom is -0.457 e. The van der Waals surface area contributed by atoms with Gasteiger partial charge in [0.15, 0.2) is 5.65 Å². The van der Waals surface area contributed by atoms with Crippen molar-refractivity contribution < 1.29 is 9.53 Å². The van der Waals surface area contributed by atoms with E-state index in [0.29, 0.717) is 22.9 Å². The number of pyridine rings is 1. The van der Waals surface area contributed by atoms with Gasteiger partial charge in [-0.15, -0.1) is 10.2 Å². The number of hydrogen-bond donors (Lipinski definition) is 3. The zero-order valence-corrected chi connectivity index (χ0v) is 20.8. The van der Waals surface area contributed by atoms with Crippen molar-refractivity contribution in [1.82, 2.24) is 29.9 Å². The van der Waals surface area contributed by atoms with Crippen LogP contribution in [-0.2, 0) is 4.79 Å². The molecule has 5 aromatic rings. The Morgan fingerprint density at radius 1 is 1.13 bits per heavy atom. The van der Waals surface area contributed by atoms with E-state index >= 15 is 0 Å². The number of amides is 1. The van der Waals surface area contributed by atoms with E-state index in [1.165, 1.54) is 6.33 Å². The molecule has 2 aromatic carbocycles. The molecule has 190 valence electrons. The lowest BCUT2D eigenvalue weighted by Gasteiger charge is -2.13. The Morgan fingerprint density at radius 3 is 2.92 bits per heavy atom. The normalized spacial score (nSPS) is 15.3. The number of nitrogens with one attached hydrogen (secondary N) is 3. The highest BCUT2D eigenvalue weighted by atomic mass is 16.5. The standard InChI is InChI=1S/C28H26N8O2/c1-18-13-20(5-8-25(18)38-22-10-12-36-17-32-35-26(36)15-22)34-28-23-14-21(4-7-24(23)30-16-31-28)33-27(37)9-6-19-3-2-11-29-19/h4-10,12-17,19,29H,2-3,11H2,1H3,(H,33,37)(H,30,31,34)/b9-6+/t19-/m1/s1. The molecule has 1 saturated heterocycles. The second-order valence-corrected chi connectivity index (χ2v) is 9.17. The maximum absolute atomic E-state index is 12.4. The molecule has 0 spiro atoms. The quantitative estimate of drug-likeness (QED) is 0.270. The summed E-state index contributed by atoms with van der Waals surface area (Å²) in [5.74, 6) is 1.89. The summed E-state index contributed by atoms with van der Waals surface area (Å²) in [6.07, 6.45) is 10.7. The van der Waals surface area contributed by atoms with E-state index in [2.05, 4.69) is 36.1 Å². The van der Waals surface area contributed by atoms with Crippen LogP contribution in [0.1, 0.15) is 18.4 Å². The van der Waals surface area contributed by atoms with E-state index in [4.69, 9.17) is 4.74 Å². The number of benzene rings is 2. The van der Waals surface area contributed by atoms with Crippen molar-refractivity contribution in [2.45, 2.75) is 25.8 Å². The predicted molar refractivity (Wildman–Crippen MR) is 146 cm³/mol. The van der Waals surface area contributed by atoms with Crippen molar-refractivity contribution in [3.63, 3.8) is 0 Å². The number of nitrogens with zero attached hydrogens (tertiary/aromatic N) is 5. The summed E-state index contributed by atoms with van der Waals surface area (Å²) >= 11 is 0. The molecular weight excluding hydrogens is 480 g/mol. The molecule has 1 fully saturated rings. The smallest absolute Gasteiger partial charge is 0.248 e. The molecule has 0 aliphatic carbocycles. The van der Waals surface area contributed by atoms with Crippen LogP contribution >= 0.6 is 0 Å². The fourth-order valence-corrected chi connectivity index (χ4v) is 4.46. The van der Waals surface area contributed by atoms with E-state index in [0.717, 1.165) is 47.3 Å². The van der Waals surface area contributed by atoms with E-state index in [1.807, 2.05) is 72.1 Å². The molecule has 4 heterocycles. The Bertz CT molecular complexity index is 1660. The third-order valence-electron chi connectivity index (χ3n) is 6.42. The highest BCUT2D eigenvalue weighted by Crippen LogP contribution is 2.30. The van der Waals surface area contributed by atoms with Crippen LogP contribution in [0, 0.1) is 6.92 Å². The van der Waals surface area contributed by atoms with E-state index in [9.17, 15) is 4.79 Å². The van der Waals surface area contributed by atoms with Gasteiger partial charge in [-0.1, -0.05) is 6.08 Å². The van der Waals surface area contributed by atoms with Crippen LogP contribution in [0.5, 0.6) is 11.5 Å². The van der Waals surface area contributed by atoms with Gasteiger partial charge < -0.3 is 20.7 Å². The number of hydrogen-bond acceptors (Lipinski definition) is 8. The zero-order chi connectivity index (χ0) is 25.9. The van der Waals surface area contributed by atoms with Crippen molar-refractivity contribution >= 4 is 39.6 Å². The first-order valence-corrected chi connectivity index (χ1v) is 12.4. The zero-order valence-electron chi connectivity index (χ0n) is 20.8. The number of anilines is 3. The number of rotatable bonds is 7. The first-order valence-electron chi connectivity index (χ1n) is 12.4. The Kier molecular flexibility index (Phi) is 6.37. The van der Waals surface area contributed by atoms with Crippen LogP contribution < -0.4 is 20.7 Å². The second-order valence-electron chi connectivity index (χ2n) is 9.17. The Labute approximate surface area is 218 Å². The van der Waals surface area contributed by atoms with Crippen molar-refractivity contribution in [3.8, 4) is 11.5 Å². The summed E-state index contributed by atoms with van der Waals surface area (Å²) in [7, 11) is 0. The number of carbonyl (C=O) groups excluding carboxylic acids is 1. The van der Waals surface area contributed by atoms with Gasteiger partial charge in [0.05, 0.1) is 5.52 Å². The van der Waals surface area contributed by atoms with E-state index < -0.39 is 0 Å². The number of fused-ring (bicyclic) bond motifs is 2. The third-order valence-corrected chi connectivity index (χ3v) is 6.42. The molecule has 3 N–H and O–H groups in total. The Morgan fingerprint density at radius 2 is 2.05 bits per heavy atom. The van der Waals surface area contributed by atoms with Crippen LogP contribution in [0.2, 0.25) is 0 Å². The summed E-state index contributed by atoms with van der Waals surface area (Å²) in [5.41, 5.74) is 3.96. The molecule has 0 unspecified atom stereocenters. The number of aromatic nitrogens is 5. The highest BCUT2D eigenvalue weighted by molar-refractivity contribution is 6.02. The minimum absolute atomic E-state index is 0.168. The van der Waals surface area contributed by atoms with Gasteiger partial charge in [-0.25, -0.2) is 9.97 Å². The summed E-state index contributed by atoms with van der Waals surface area (Å²) in [6, 6.07) is 15.4.